The first kappa shape index (κ1) is 16.0. The summed E-state index contributed by atoms with van der Waals surface area (Å²) in [6.07, 6.45) is 0. The minimum Gasteiger partial charge on any atom is -0.325 e. The maximum Gasteiger partial charge on any atom is 0.323 e. The number of H-pyrrole nitrogens is 2. The quantitative estimate of drug-likeness (QED) is 0.612. The second-order valence-corrected chi connectivity index (χ2v) is 6.53. The van der Waals surface area contributed by atoms with E-state index in [4.69, 9.17) is 23.2 Å². The molecule has 5 nitrogen and oxygen atoms in total. The zero-order valence-corrected chi connectivity index (χ0v) is 14.0. The molecule has 0 fully saturated rings. The van der Waals surface area contributed by atoms with Crippen LogP contribution in [0.3, 0.4) is 0 Å². The highest BCUT2D eigenvalue weighted by Crippen LogP contribution is 2.33. The highest BCUT2D eigenvalue weighted by Gasteiger charge is 2.10. The van der Waals surface area contributed by atoms with E-state index in [0.717, 1.165) is 0 Å². The molecule has 118 valence electrons. The van der Waals surface area contributed by atoms with Gasteiger partial charge in [0.1, 0.15) is 0 Å². The van der Waals surface area contributed by atoms with Gasteiger partial charge in [0.2, 0.25) is 5.91 Å². The molecule has 0 aliphatic carbocycles. The lowest BCUT2D eigenvalue weighted by atomic mass is 10.3. The molecule has 0 aliphatic heterocycles. The summed E-state index contributed by atoms with van der Waals surface area (Å²) in [6, 6.07) is 10.3. The second kappa shape index (κ2) is 6.70. The molecule has 0 spiro atoms. The number of hydrogen-bond acceptors (Lipinski definition) is 3. The van der Waals surface area contributed by atoms with Crippen LogP contribution in [0.2, 0.25) is 10.0 Å². The molecular weight excluding hydrogens is 357 g/mol. The zero-order valence-electron chi connectivity index (χ0n) is 11.7. The Bertz CT molecular complexity index is 916. The van der Waals surface area contributed by atoms with Gasteiger partial charge < -0.3 is 15.3 Å². The number of halogens is 2. The number of carbonyl (C=O) groups is 1. The molecule has 8 heteroatoms. The third-order valence-electron chi connectivity index (χ3n) is 3.07. The first-order chi connectivity index (χ1) is 11.0. The van der Waals surface area contributed by atoms with Gasteiger partial charge in [-0.3, -0.25) is 4.79 Å². The molecule has 0 bridgehead atoms. The summed E-state index contributed by atoms with van der Waals surface area (Å²) >= 11 is 13.4. The standard InChI is InChI=1S/C15H11Cl2N3O2S/c16-9-2-1-3-10(17)14(9)23-7-13(21)18-8-4-5-11-12(6-8)20-15(22)19-11/h1-6H,7H2,(H,18,21)(H2,19,20,22). The van der Waals surface area contributed by atoms with Crippen molar-refractivity contribution in [3.63, 3.8) is 0 Å². The van der Waals surface area contributed by atoms with Crippen LogP contribution in [0.25, 0.3) is 11.0 Å². The highest BCUT2D eigenvalue weighted by molar-refractivity contribution is 8.00. The molecule has 0 saturated heterocycles. The fourth-order valence-corrected chi connectivity index (χ4v) is 3.55. The van der Waals surface area contributed by atoms with Crippen molar-refractivity contribution in [1.82, 2.24) is 9.97 Å². The van der Waals surface area contributed by atoms with Gasteiger partial charge in [0.25, 0.3) is 0 Å². The van der Waals surface area contributed by atoms with Gasteiger partial charge in [0, 0.05) is 10.6 Å². The molecule has 2 aromatic carbocycles. The fraction of sp³-hybridized carbons (Fsp3) is 0.0667. The van der Waals surface area contributed by atoms with Crippen LogP contribution in [0.1, 0.15) is 0 Å². The summed E-state index contributed by atoms with van der Waals surface area (Å²) in [5.74, 6) is -0.0197. The largest absolute Gasteiger partial charge is 0.325 e. The van der Waals surface area contributed by atoms with Crippen molar-refractivity contribution in [2.45, 2.75) is 4.90 Å². The number of nitrogens with one attached hydrogen (secondary N) is 3. The van der Waals surface area contributed by atoms with Gasteiger partial charge >= 0.3 is 5.69 Å². The number of hydrogen-bond donors (Lipinski definition) is 3. The van der Waals surface area contributed by atoms with E-state index in [1.165, 1.54) is 11.8 Å². The van der Waals surface area contributed by atoms with Crippen molar-refractivity contribution in [3.8, 4) is 0 Å². The predicted molar refractivity (Wildman–Crippen MR) is 94.7 cm³/mol. The Morgan fingerprint density at radius 3 is 2.52 bits per heavy atom. The van der Waals surface area contributed by atoms with Crippen LogP contribution in [-0.2, 0) is 4.79 Å². The molecule has 0 aliphatic rings. The van der Waals surface area contributed by atoms with E-state index < -0.39 is 0 Å². The number of carbonyl (C=O) groups excluding carboxylic acids is 1. The first-order valence-corrected chi connectivity index (χ1v) is 8.36. The highest BCUT2D eigenvalue weighted by atomic mass is 35.5. The second-order valence-electron chi connectivity index (χ2n) is 4.73. The van der Waals surface area contributed by atoms with Gasteiger partial charge in [0.05, 0.1) is 26.8 Å². The third-order valence-corrected chi connectivity index (χ3v) is 5.06. The summed E-state index contributed by atoms with van der Waals surface area (Å²) < 4.78 is 0. The van der Waals surface area contributed by atoms with E-state index in [1.807, 2.05) is 0 Å². The molecule has 3 rings (SSSR count). The predicted octanol–water partition coefficient (Wildman–Crippen LogP) is 3.89. The van der Waals surface area contributed by atoms with Crippen molar-refractivity contribution in [2.24, 2.45) is 0 Å². The maximum atomic E-state index is 12.1. The Morgan fingerprint density at radius 2 is 1.78 bits per heavy atom. The van der Waals surface area contributed by atoms with Crippen molar-refractivity contribution >= 4 is 57.6 Å². The number of aromatic amines is 2. The Morgan fingerprint density at radius 1 is 1.09 bits per heavy atom. The Labute approximate surface area is 145 Å². The number of anilines is 1. The third kappa shape index (κ3) is 3.72. The van der Waals surface area contributed by atoms with E-state index in [9.17, 15) is 9.59 Å². The first-order valence-electron chi connectivity index (χ1n) is 6.61. The minimum atomic E-state index is -0.285. The van der Waals surface area contributed by atoms with Crippen molar-refractivity contribution in [2.75, 3.05) is 11.1 Å². The van der Waals surface area contributed by atoms with Gasteiger partial charge in [0.15, 0.2) is 0 Å². The number of imidazole rings is 1. The van der Waals surface area contributed by atoms with E-state index in [2.05, 4.69) is 15.3 Å². The van der Waals surface area contributed by atoms with Crippen LogP contribution >= 0.6 is 35.0 Å². The molecule has 0 atom stereocenters. The molecule has 1 heterocycles. The Hall–Kier alpha value is -1.89. The monoisotopic (exact) mass is 367 g/mol. The minimum absolute atomic E-state index is 0.172. The molecule has 3 N–H and O–H groups in total. The van der Waals surface area contributed by atoms with Crippen molar-refractivity contribution in [3.05, 3.63) is 56.9 Å². The SMILES string of the molecule is O=C(CSc1c(Cl)cccc1Cl)Nc1ccc2[nH]c(=O)[nH]c2c1. The average molecular weight is 368 g/mol. The Balaban J connectivity index is 1.67. The van der Waals surface area contributed by atoms with Gasteiger partial charge in [-0.2, -0.15) is 0 Å². The van der Waals surface area contributed by atoms with Crippen LogP contribution in [-0.4, -0.2) is 21.6 Å². The molecule has 0 unspecified atom stereocenters. The lowest BCUT2D eigenvalue weighted by Crippen LogP contribution is -2.14. The zero-order chi connectivity index (χ0) is 16.4. The number of benzene rings is 2. The molecule has 1 aromatic heterocycles. The summed E-state index contributed by atoms with van der Waals surface area (Å²) in [7, 11) is 0. The van der Waals surface area contributed by atoms with Crippen molar-refractivity contribution < 1.29 is 4.79 Å². The van der Waals surface area contributed by atoms with Crippen LogP contribution in [0.15, 0.2) is 46.1 Å². The number of aromatic nitrogens is 2. The van der Waals surface area contributed by atoms with E-state index in [0.29, 0.717) is 31.7 Å². The normalized spacial score (nSPS) is 10.9. The summed E-state index contributed by atoms with van der Waals surface area (Å²) in [5, 5.41) is 3.80. The van der Waals surface area contributed by atoms with Crippen LogP contribution in [0, 0.1) is 0 Å². The van der Waals surface area contributed by atoms with E-state index in [-0.39, 0.29) is 17.3 Å². The van der Waals surface area contributed by atoms with Gasteiger partial charge in [-0.25, -0.2) is 4.79 Å². The number of rotatable bonds is 4. The fourth-order valence-electron chi connectivity index (χ4n) is 2.07. The number of fused-ring (bicyclic) bond motifs is 1. The van der Waals surface area contributed by atoms with Gasteiger partial charge in [-0.05, 0) is 30.3 Å². The summed E-state index contributed by atoms with van der Waals surface area (Å²) in [5.41, 5.74) is 1.64. The summed E-state index contributed by atoms with van der Waals surface area (Å²) in [6.45, 7) is 0. The summed E-state index contributed by atoms with van der Waals surface area (Å²) in [4.78, 5) is 29.2. The smallest absolute Gasteiger partial charge is 0.323 e. The van der Waals surface area contributed by atoms with E-state index >= 15 is 0 Å². The topological polar surface area (TPSA) is 77.8 Å². The van der Waals surface area contributed by atoms with Gasteiger partial charge in [-0.15, -0.1) is 11.8 Å². The van der Waals surface area contributed by atoms with Crippen LogP contribution in [0.4, 0.5) is 5.69 Å². The maximum absolute atomic E-state index is 12.1. The van der Waals surface area contributed by atoms with Crippen LogP contribution in [0.5, 0.6) is 0 Å². The molecule has 1 amide bonds. The lowest BCUT2D eigenvalue weighted by Gasteiger charge is -2.07. The van der Waals surface area contributed by atoms with Gasteiger partial charge in [-0.1, -0.05) is 29.3 Å². The molecular formula is C15H11Cl2N3O2S. The molecule has 23 heavy (non-hydrogen) atoms. The molecule has 0 radical (unpaired) electrons. The van der Waals surface area contributed by atoms with E-state index in [1.54, 1.807) is 36.4 Å². The number of thioether (sulfide) groups is 1. The lowest BCUT2D eigenvalue weighted by molar-refractivity contribution is -0.113. The Kier molecular flexibility index (Phi) is 4.66. The average Bonchev–Trinajstić information content (AvgIpc) is 2.86. The number of amides is 1. The molecule has 0 saturated carbocycles. The van der Waals surface area contributed by atoms with Crippen LogP contribution < -0.4 is 11.0 Å². The van der Waals surface area contributed by atoms with Crippen molar-refractivity contribution in [1.29, 1.82) is 0 Å². The molecule has 3 aromatic rings.